The van der Waals surface area contributed by atoms with Gasteiger partial charge in [-0.2, -0.15) is 17.0 Å². The van der Waals surface area contributed by atoms with Crippen molar-refractivity contribution in [3.05, 3.63) is 5.51 Å². The lowest BCUT2D eigenvalue weighted by molar-refractivity contribution is -0.120. The Morgan fingerprint density at radius 3 is 2.82 bits per heavy atom. The van der Waals surface area contributed by atoms with Gasteiger partial charge in [-0.3, -0.25) is 4.79 Å². The molecule has 1 saturated heterocycles. The van der Waals surface area contributed by atoms with Crippen LogP contribution in [0, 0.1) is 5.92 Å². The number of rotatable bonds is 6. The Morgan fingerprint density at radius 1 is 1.50 bits per heavy atom. The van der Waals surface area contributed by atoms with Gasteiger partial charge in [0.25, 0.3) is 10.2 Å². The zero-order valence-corrected chi connectivity index (χ0v) is 14.4. The molecule has 1 aromatic heterocycles. The molecular formula is C12H21N5O3S2. The van der Waals surface area contributed by atoms with Crippen LogP contribution in [0.15, 0.2) is 5.51 Å². The Labute approximate surface area is 134 Å². The molecule has 0 saturated carbocycles. The molecule has 1 aromatic rings. The lowest BCUT2D eigenvalue weighted by atomic mass is 9.99. The van der Waals surface area contributed by atoms with E-state index >= 15 is 0 Å². The molecule has 1 atom stereocenters. The van der Waals surface area contributed by atoms with Gasteiger partial charge >= 0.3 is 0 Å². The Balaban J connectivity index is 2.03. The summed E-state index contributed by atoms with van der Waals surface area (Å²) in [7, 11) is -3.49. The van der Waals surface area contributed by atoms with Gasteiger partial charge in [0.15, 0.2) is 0 Å². The van der Waals surface area contributed by atoms with Crippen LogP contribution < -0.4 is 5.32 Å². The van der Waals surface area contributed by atoms with Crippen LogP contribution in [-0.4, -0.2) is 59.3 Å². The number of hydrogen-bond acceptors (Lipinski definition) is 6. The second-order valence-corrected chi connectivity index (χ2v) is 7.78. The van der Waals surface area contributed by atoms with E-state index in [1.165, 1.54) is 25.5 Å². The number of carbonyl (C=O) groups excluding carboxylic acids is 1. The van der Waals surface area contributed by atoms with Crippen LogP contribution >= 0.6 is 11.3 Å². The van der Waals surface area contributed by atoms with E-state index in [0.717, 1.165) is 0 Å². The number of nitrogens with one attached hydrogen (secondary N) is 1. The van der Waals surface area contributed by atoms with Gasteiger partial charge in [0.2, 0.25) is 11.0 Å². The summed E-state index contributed by atoms with van der Waals surface area (Å²) in [5, 5.41) is 10.6. The second kappa shape index (κ2) is 7.44. The summed E-state index contributed by atoms with van der Waals surface area (Å²) in [5.41, 5.74) is 1.54. The highest BCUT2D eigenvalue weighted by atomic mass is 32.2. The van der Waals surface area contributed by atoms with Gasteiger partial charge in [-0.05, 0) is 12.8 Å². The fraction of sp³-hybridized carbons (Fsp3) is 0.750. The van der Waals surface area contributed by atoms with E-state index in [2.05, 4.69) is 15.5 Å². The van der Waals surface area contributed by atoms with Crippen LogP contribution in [0.4, 0.5) is 5.13 Å². The smallest absolute Gasteiger partial charge is 0.281 e. The number of anilines is 1. The number of piperidine rings is 1. The third kappa shape index (κ3) is 3.80. The first kappa shape index (κ1) is 17.3. The first-order valence-corrected chi connectivity index (χ1v) is 9.59. The molecule has 1 amide bonds. The van der Waals surface area contributed by atoms with Crippen molar-refractivity contribution in [3.63, 3.8) is 0 Å². The maximum Gasteiger partial charge on any atom is 0.281 e. The summed E-state index contributed by atoms with van der Waals surface area (Å²) in [6.45, 7) is 5.15. The fourth-order valence-corrected chi connectivity index (χ4v) is 4.67. The third-order valence-corrected chi connectivity index (χ3v) is 6.46. The Bertz CT molecular complexity index is 586. The number of aromatic nitrogens is 2. The van der Waals surface area contributed by atoms with E-state index in [1.807, 2.05) is 13.8 Å². The number of carbonyl (C=O) groups is 1. The molecule has 1 aliphatic heterocycles. The summed E-state index contributed by atoms with van der Waals surface area (Å²) in [5.74, 6) is -0.556. The van der Waals surface area contributed by atoms with Crippen LogP contribution in [-0.2, 0) is 15.0 Å². The lowest BCUT2D eigenvalue weighted by Gasteiger charge is -2.34. The molecule has 0 radical (unpaired) electrons. The average molecular weight is 347 g/mol. The normalized spacial score (nSPS) is 20.2. The summed E-state index contributed by atoms with van der Waals surface area (Å²) < 4.78 is 27.9. The van der Waals surface area contributed by atoms with Crippen LogP contribution in [0.2, 0.25) is 0 Å². The zero-order chi connectivity index (χ0) is 16.2. The quantitative estimate of drug-likeness (QED) is 0.820. The van der Waals surface area contributed by atoms with Crippen molar-refractivity contribution in [2.24, 2.45) is 5.92 Å². The van der Waals surface area contributed by atoms with Gasteiger partial charge in [-0.1, -0.05) is 25.2 Å². The topological polar surface area (TPSA) is 95.5 Å². The summed E-state index contributed by atoms with van der Waals surface area (Å²) in [6.07, 6.45) is 1.35. The van der Waals surface area contributed by atoms with Crippen molar-refractivity contribution in [2.45, 2.75) is 26.7 Å². The van der Waals surface area contributed by atoms with Gasteiger partial charge in [0.1, 0.15) is 5.51 Å². The van der Waals surface area contributed by atoms with Crippen molar-refractivity contribution >= 4 is 32.6 Å². The minimum atomic E-state index is -3.49. The molecule has 124 valence electrons. The van der Waals surface area contributed by atoms with Crippen molar-refractivity contribution in [1.29, 1.82) is 0 Å². The zero-order valence-electron chi connectivity index (χ0n) is 12.7. The summed E-state index contributed by atoms with van der Waals surface area (Å²) in [4.78, 5) is 12.2. The predicted octanol–water partition coefficient (Wildman–Crippen LogP) is 0.775. The largest absolute Gasteiger partial charge is 0.300 e. The molecule has 2 heterocycles. The molecule has 0 bridgehead atoms. The monoisotopic (exact) mass is 347 g/mol. The molecule has 2 rings (SSSR count). The van der Waals surface area contributed by atoms with Crippen LogP contribution in [0.1, 0.15) is 26.7 Å². The average Bonchev–Trinajstić information content (AvgIpc) is 3.01. The van der Waals surface area contributed by atoms with E-state index in [-0.39, 0.29) is 18.4 Å². The Morgan fingerprint density at radius 2 is 2.23 bits per heavy atom. The molecule has 1 fully saturated rings. The minimum absolute atomic E-state index is 0.198. The molecule has 1 aliphatic rings. The fourth-order valence-electron chi connectivity index (χ4n) is 2.51. The van der Waals surface area contributed by atoms with Crippen LogP contribution in [0.3, 0.4) is 0 Å². The van der Waals surface area contributed by atoms with E-state index in [9.17, 15) is 13.2 Å². The lowest BCUT2D eigenvalue weighted by Crippen LogP contribution is -2.49. The standard InChI is InChI=1S/C12H21N5O3S2/c1-3-16(4-2)22(19,20)17-7-5-6-10(8-17)11(18)14-12-15-13-9-21-12/h9-10H,3-8H2,1-2H3,(H,14,15,18). The van der Waals surface area contributed by atoms with Gasteiger partial charge < -0.3 is 5.32 Å². The molecule has 1 N–H and O–H groups in total. The van der Waals surface area contributed by atoms with Crippen LogP contribution in [0.5, 0.6) is 0 Å². The molecule has 1 unspecified atom stereocenters. The van der Waals surface area contributed by atoms with Crippen LogP contribution in [0.25, 0.3) is 0 Å². The van der Waals surface area contributed by atoms with E-state index in [1.54, 1.807) is 0 Å². The van der Waals surface area contributed by atoms with E-state index in [4.69, 9.17) is 0 Å². The number of hydrogen-bond donors (Lipinski definition) is 1. The van der Waals surface area contributed by atoms with Gasteiger partial charge in [0, 0.05) is 26.2 Å². The number of amides is 1. The van der Waals surface area contributed by atoms with Crippen molar-refractivity contribution < 1.29 is 13.2 Å². The van der Waals surface area contributed by atoms with Gasteiger partial charge in [-0.15, -0.1) is 10.2 Å². The van der Waals surface area contributed by atoms with Crippen molar-refractivity contribution in [3.8, 4) is 0 Å². The molecule has 8 nitrogen and oxygen atoms in total. The van der Waals surface area contributed by atoms with Gasteiger partial charge in [-0.25, -0.2) is 0 Å². The summed E-state index contributed by atoms with van der Waals surface area (Å²) >= 11 is 1.24. The third-order valence-electron chi connectivity index (χ3n) is 3.70. The highest BCUT2D eigenvalue weighted by Gasteiger charge is 2.35. The number of nitrogens with zero attached hydrogens (tertiary/aromatic N) is 4. The summed E-state index contributed by atoms with van der Waals surface area (Å²) in [6, 6.07) is 0. The van der Waals surface area contributed by atoms with Crippen molar-refractivity contribution in [1.82, 2.24) is 18.8 Å². The first-order chi connectivity index (χ1) is 10.5. The van der Waals surface area contributed by atoms with Gasteiger partial charge in [0.05, 0.1) is 5.92 Å². The highest BCUT2D eigenvalue weighted by Crippen LogP contribution is 2.22. The molecule has 22 heavy (non-hydrogen) atoms. The first-order valence-electron chi connectivity index (χ1n) is 7.31. The van der Waals surface area contributed by atoms with Crippen molar-refractivity contribution in [2.75, 3.05) is 31.5 Å². The van der Waals surface area contributed by atoms with E-state index in [0.29, 0.717) is 37.6 Å². The maximum absolute atomic E-state index is 12.5. The molecule has 0 spiro atoms. The maximum atomic E-state index is 12.5. The molecule has 0 aliphatic carbocycles. The SMILES string of the molecule is CCN(CC)S(=O)(=O)N1CCCC(C(=O)Nc2nncs2)C1. The Hall–Kier alpha value is -1.10. The molecule has 0 aromatic carbocycles. The predicted molar refractivity (Wildman–Crippen MR) is 84.7 cm³/mol. The Kier molecular flexibility index (Phi) is 5.84. The minimum Gasteiger partial charge on any atom is -0.300 e. The molecule has 10 heteroatoms. The second-order valence-electron chi connectivity index (χ2n) is 5.02. The molecular weight excluding hydrogens is 326 g/mol. The van der Waals surface area contributed by atoms with E-state index < -0.39 is 10.2 Å². The highest BCUT2D eigenvalue weighted by molar-refractivity contribution is 7.86.